The molecule has 0 aliphatic heterocycles. The van der Waals surface area contributed by atoms with Gasteiger partial charge in [-0.3, -0.25) is 4.79 Å². The molecule has 0 aliphatic carbocycles. The summed E-state index contributed by atoms with van der Waals surface area (Å²) >= 11 is 3.34. The molecule has 25 heavy (non-hydrogen) atoms. The van der Waals surface area contributed by atoms with Crippen LogP contribution in [0.25, 0.3) is 6.08 Å². The molecule has 0 unspecified atom stereocenters. The first-order valence-electron chi connectivity index (χ1n) is 7.79. The van der Waals surface area contributed by atoms with Gasteiger partial charge in [-0.1, -0.05) is 41.9 Å². The van der Waals surface area contributed by atoms with Crippen LogP contribution in [0.15, 0.2) is 34.8 Å². The predicted molar refractivity (Wildman–Crippen MR) is 97.5 cm³/mol. The van der Waals surface area contributed by atoms with Crippen LogP contribution in [0.3, 0.4) is 0 Å². The molecule has 0 aliphatic rings. The summed E-state index contributed by atoms with van der Waals surface area (Å²) in [5.41, 5.74) is 0.818. The van der Waals surface area contributed by atoms with Crippen molar-refractivity contribution >= 4 is 39.9 Å². The number of rotatable bonds is 8. The maximum atomic E-state index is 11.9. The van der Waals surface area contributed by atoms with Gasteiger partial charge in [-0.15, -0.1) is 0 Å². The molecular weight excluding hydrogens is 390 g/mol. The van der Waals surface area contributed by atoms with E-state index in [4.69, 9.17) is 4.74 Å². The Hall–Kier alpha value is -2.15. The first-order valence-corrected chi connectivity index (χ1v) is 8.58. The Labute approximate surface area is 155 Å². The Morgan fingerprint density at radius 3 is 2.60 bits per heavy atom. The van der Waals surface area contributed by atoms with Crippen LogP contribution in [0.2, 0.25) is 0 Å². The zero-order valence-corrected chi connectivity index (χ0v) is 16.0. The third-order valence-electron chi connectivity index (χ3n) is 3.13. The Kier molecular flexibility index (Phi) is 8.91. The molecule has 1 atom stereocenters. The van der Waals surface area contributed by atoms with Crippen LogP contribution in [0.1, 0.15) is 25.8 Å². The lowest BCUT2D eigenvalue weighted by atomic mass is 10.0. The Morgan fingerprint density at radius 1 is 1.28 bits per heavy atom. The largest absolute Gasteiger partial charge is 0.467 e. The van der Waals surface area contributed by atoms with E-state index in [0.717, 1.165) is 10.0 Å². The van der Waals surface area contributed by atoms with Gasteiger partial charge in [0.2, 0.25) is 0 Å². The zero-order valence-electron chi connectivity index (χ0n) is 14.5. The van der Waals surface area contributed by atoms with Gasteiger partial charge in [0, 0.05) is 10.5 Å². The maximum Gasteiger partial charge on any atom is 0.331 e. The van der Waals surface area contributed by atoms with Crippen molar-refractivity contribution in [2.24, 2.45) is 5.92 Å². The molecule has 136 valence electrons. The van der Waals surface area contributed by atoms with Gasteiger partial charge in [-0.2, -0.15) is 0 Å². The third kappa shape index (κ3) is 8.49. The van der Waals surface area contributed by atoms with E-state index in [1.165, 1.54) is 13.2 Å². The molecule has 0 saturated carbocycles. The van der Waals surface area contributed by atoms with Gasteiger partial charge in [0.1, 0.15) is 6.04 Å². The molecule has 0 heterocycles. The van der Waals surface area contributed by atoms with Crippen LogP contribution in [0, 0.1) is 5.92 Å². The molecule has 1 rings (SSSR count). The number of amides is 1. The van der Waals surface area contributed by atoms with Crippen LogP contribution >= 0.6 is 15.9 Å². The second-order valence-electron chi connectivity index (χ2n) is 5.77. The fraction of sp³-hybridized carbons (Fsp3) is 0.389. The lowest BCUT2D eigenvalue weighted by Gasteiger charge is -2.18. The van der Waals surface area contributed by atoms with Crippen LogP contribution < -0.4 is 5.32 Å². The topological polar surface area (TPSA) is 81.7 Å². The molecule has 6 nitrogen and oxygen atoms in total. The van der Waals surface area contributed by atoms with Crippen LogP contribution in [0.5, 0.6) is 0 Å². The zero-order chi connectivity index (χ0) is 18.8. The van der Waals surface area contributed by atoms with Gasteiger partial charge in [-0.05, 0) is 36.1 Å². The van der Waals surface area contributed by atoms with Crippen LogP contribution in [-0.2, 0) is 23.9 Å². The Bertz CT molecular complexity index is 642. The van der Waals surface area contributed by atoms with Gasteiger partial charge in [-0.25, -0.2) is 9.59 Å². The average Bonchev–Trinajstić information content (AvgIpc) is 2.56. The van der Waals surface area contributed by atoms with E-state index in [2.05, 4.69) is 26.0 Å². The minimum Gasteiger partial charge on any atom is -0.467 e. The first-order chi connectivity index (χ1) is 11.8. The molecule has 0 saturated heterocycles. The Morgan fingerprint density at radius 2 is 2.00 bits per heavy atom. The number of hydrogen-bond donors (Lipinski definition) is 1. The summed E-state index contributed by atoms with van der Waals surface area (Å²) in [5.74, 6) is -1.53. The van der Waals surface area contributed by atoms with Gasteiger partial charge in [0.05, 0.1) is 7.11 Å². The molecule has 1 aromatic rings. The van der Waals surface area contributed by atoms with Crippen molar-refractivity contribution in [3.05, 3.63) is 40.4 Å². The summed E-state index contributed by atoms with van der Waals surface area (Å²) in [7, 11) is 1.26. The van der Waals surface area contributed by atoms with Gasteiger partial charge < -0.3 is 14.8 Å². The maximum absolute atomic E-state index is 11.9. The van der Waals surface area contributed by atoms with E-state index in [0.29, 0.717) is 6.42 Å². The van der Waals surface area contributed by atoms with E-state index >= 15 is 0 Å². The first kappa shape index (κ1) is 20.9. The van der Waals surface area contributed by atoms with Gasteiger partial charge in [0.15, 0.2) is 6.61 Å². The molecule has 1 N–H and O–H groups in total. The second kappa shape index (κ2) is 10.7. The van der Waals surface area contributed by atoms with Crippen molar-refractivity contribution in [3.8, 4) is 0 Å². The van der Waals surface area contributed by atoms with Crippen molar-refractivity contribution in [1.82, 2.24) is 5.32 Å². The molecule has 1 aromatic carbocycles. The highest BCUT2D eigenvalue weighted by Gasteiger charge is 2.22. The molecule has 0 aromatic heterocycles. The fourth-order valence-electron chi connectivity index (χ4n) is 2.02. The average molecular weight is 412 g/mol. The van der Waals surface area contributed by atoms with E-state index in [1.54, 1.807) is 6.08 Å². The van der Waals surface area contributed by atoms with E-state index in [9.17, 15) is 14.4 Å². The van der Waals surface area contributed by atoms with Crippen molar-refractivity contribution in [3.63, 3.8) is 0 Å². The normalized spacial score (nSPS) is 12.0. The summed E-state index contributed by atoms with van der Waals surface area (Å²) in [5, 5.41) is 2.51. The minimum absolute atomic E-state index is 0.195. The number of ether oxygens (including phenoxy) is 2. The number of hydrogen-bond acceptors (Lipinski definition) is 5. The quantitative estimate of drug-likeness (QED) is 0.525. The lowest BCUT2D eigenvalue weighted by molar-refractivity contribution is -0.148. The summed E-state index contributed by atoms with van der Waals surface area (Å²) in [6.45, 7) is 3.39. The number of benzene rings is 1. The molecule has 0 bridgehead atoms. The van der Waals surface area contributed by atoms with Crippen molar-refractivity contribution in [1.29, 1.82) is 0 Å². The number of methoxy groups -OCH3 is 1. The van der Waals surface area contributed by atoms with E-state index in [1.807, 2.05) is 38.1 Å². The number of carbonyl (C=O) groups excluding carboxylic acids is 3. The second-order valence-corrected chi connectivity index (χ2v) is 6.68. The third-order valence-corrected chi connectivity index (χ3v) is 3.63. The molecule has 0 radical (unpaired) electrons. The van der Waals surface area contributed by atoms with Crippen molar-refractivity contribution in [2.45, 2.75) is 26.3 Å². The summed E-state index contributed by atoms with van der Waals surface area (Å²) in [6, 6.07) is 6.62. The van der Waals surface area contributed by atoms with Crippen molar-refractivity contribution < 1.29 is 23.9 Å². The van der Waals surface area contributed by atoms with Gasteiger partial charge >= 0.3 is 11.9 Å². The fourth-order valence-corrected chi connectivity index (χ4v) is 2.44. The van der Waals surface area contributed by atoms with E-state index < -0.39 is 30.5 Å². The highest BCUT2D eigenvalue weighted by molar-refractivity contribution is 9.10. The molecular formula is C18H22BrNO5. The highest BCUT2D eigenvalue weighted by atomic mass is 79.9. The molecule has 7 heteroatoms. The van der Waals surface area contributed by atoms with Crippen molar-refractivity contribution in [2.75, 3.05) is 13.7 Å². The standard InChI is InChI=1S/C18H22BrNO5/c1-12(2)9-15(18(23)24-3)20-16(21)11-25-17(22)8-7-13-5-4-6-14(19)10-13/h4-8,10,12,15H,9,11H2,1-3H3,(H,20,21)/b8-7+/t15-/m1/s1. The number of carbonyl (C=O) groups is 3. The number of esters is 2. The summed E-state index contributed by atoms with van der Waals surface area (Å²) in [6.07, 6.45) is 3.26. The van der Waals surface area contributed by atoms with Crippen LogP contribution in [-0.4, -0.2) is 37.6 Å². The number of halogens is 1. The lowest BCUT2D eigenvalue weighted by Crippen LogP contribution is -2.44. The molecule has 0 spiro atoms. The highest BCUT2D eigenvalue weighted by Crippen LogP contribution is 2.12. The molecule has 0 fully saturated rings. The smallest absolute Gasteiger partial charge is 0.331 e. The SMILES string of the molecule is COC(=O)[C@@H](CC(C)C)NC(=O)COC(=O)/C=C/c1cccc(Br)c1. The minimum atomic E-state index is -0.756. The van der Waals surface area contributed by atoms with Crippen LogP contribution in [0.4, 0.5) is 0 Å². The predicted octanol–water partition coefficient (Wildman–Crippen LogP) is 2.71. The Balaban J connectivity index is 2.48. The summed E-state index contributed by atoms with van der Waals surface area (Å²) in [4.78, 5) is 35.2. The van der Waals surface area contributed by atoms with Gasteiger partial charge in [0.25, 0.3) is 5.91 Å². The number of nitrogens with one attached hydrogen (secondary N) is 1. The monoisotopic (exact) mass is 411 g/mol. The van der Waals surface area contributed by atoms with E-state index in [-0.39, 0.29) is 5.92 Å². The molecule has 1 amide bonds. The summed E-state index contributed by atoms with van der Waals surface area (Å²) < 4.78 is 10.4.